The summed E-state index contributed by atoms with van der Waals surface area (Å²) < 4.78 is 33.0. The number of aryl methyl sites for hydroxylation is 4. The van der Waals surface area contributed by atoms with E-state index in [1.165, 1.54) is 34.8 Å². The van der Waals surface area contributed by atoms with E-state index in [2.05, 4.69) is 0 Å². The molecule has 244 valence electrons. The van der Waals surface area contributed by atoms with Crippen LogP contribution in [0.15, 0.2) is 78.9 Å². The molecule has 0 N–H and O–H groups in total. The minimum atomic E-state index is -0.574. The van der Waals surface area contributed by atoms with Gasteiger partial charge in [0.15, 0.2) is 23.0 Å². The molecular weight excluding hydrogens is 604 g/mol. The molecule has 0 atom stereocenters. The maximum absolute atomic E-state index is 11.9. The van der Waals surface area contributed by atoms with Crippen LogP contribution in [0.3, 0.4) is 0 Å². The number of methoxy groups -OCH3 is 1. The maximum Gasteiger partial charge on any atom is 0.308 e. The number of hydrogen-bond acceptors (Lipinski definition) is 10. The van der Waals surface area contributed by atoms with Gasteiger partial charge < -0.3 is 28.4 Å². The minimum Gasteiger partial charge on any atom is -0.493 e. The maximum atomic E-state index is 11.9. The quantitative estimate of drug-likeness (QED) is 0.114. The van der Waals surface area contributed by atoms with E-state index >= 15 is 0 Å². The lowest BCUT2D eigenvalue weighted by Crippen LogP contribution is -2.09. The molecule has 0 amide bonds. The van der Waals surface area contributed by atoms with Crippen molar-refractivity contribution < 1.29 is 47.6 Å². The molecule has 4 aromatic carbocycles. The summed E-state index contributed by atoms with van der Waals surface area (Å²) >= 11 is 0. The van der Waals surface area contributed by atoms with Gasteiger partial charge in [-0.05, 0) is 90.4 Å². The van der Waals surface area contributed by atoms with Crippen LogP contribution in [0.5, 0.6) is 40.2 Å². The predicted octanol–water partition coefficient (Wildman–Crippen LogP) is 6.76. The summed E-state index contributed by atoms with van der Waals surface area (Å²) in [6.45, 7) is 5.20. The molecule has 0 aliphatic carbocycles. The summed E-state index contributed by atoms with van der Waals surface area (Å²) in [5.74, 6) is 0.187. The number of carbonyl (C=O) groups excluding carboxylic acids is 4. The molecule has 10 heteroatoms. The van der Waals surface area contributed by atoms with Crippen molar-refractivity contribution in [2.45, 2.75) is 53.4 Å². The fourth-order valence-electron chi connectivity index (χ4n) is 4.85. The Kier molecular flexibility index (Phi) is 11.7. The number of ether oxygens (including phenoxy) is 6. The first-order chi connectivity index (χ1) is 22.5. The summed E-state index contributed by atoms with van der Waals surface area (Å²) in [4.78, 5) is 46.5. The van der Waals surface area contributed by atoms with E-state index in [-0.39, 0.29) is 23.2 Å². The van der Waals surface area contributed by atoms with Crippen molar-refractivity contribution >= 4 is 23.9 Å². The van der Waals surface area contributed by atoms with Gasteiger partial charge in [0.25, 0.3) is 0 Å². The van der Waals surface area contributed by atoms with Crippen LogP contribution < -0.4 is 28.4 Å². The SMILES string of the molecule is COc1cc(CCc2cccc(Oc3c(CCc4ccc(OC(C)=O)cc4)cccc3OC(C)=O)c2)cc(OC(C)=O)c1OC(C)=O. The van der Waals surface area contributed by atoms with E-state index in [9.17, 15) is 19.2 Å². The molecule has 0 saturated heterocycles. The number of hydrogen-bond donors (Lipinski definition) is 0. The lowest BCUT2D eigenvalue weighted by Gasteiger charge is -2.16. The number of benzene rings is 4. The standard InChI is InChI=1S/C37H36O10/c1-23(38)43-31-18-15-27(16-19-31)14-17-30-9-7-11-33(44-24(2)39)36(30)47-32-10-6-8-28(20-32)12-13-29-21-34(42-5)37(46-26(4)41)35(22-29)45-25(3)40/h6-11,15-16,18-22H,12-14,17H2,1-5H3. The minimum absolute atomic E-state index is 0.0376. The lowest BCUT2D eigenvalue weighted by molar-refractivity contribution is -0.134. The van der Waals surface area contributed by atoms with Gasteiger partial charge in [0.2, 0.25) is 5.75 Å². The van der Waals surface area contributed by atoms with Gasteiger partial charge in [-0.15, -0.1) is 0 Å². The van der Waals surface area contributed by atoms with E-state index in [1.807, 2.05) is 48.5 Å². The van der Waals surface area contributed by atoms with Gasteiger partial charge in [0.05, 0.1) is 7.11 Å². The summed E-state index contributed by atoms with van der Waals surface area (Å²) in [6, 6.07) is 23.6. The van der Waals surface area contributed by atoms with Crippen molar-refractivity contribution in [3.8, 4) is 40.2 Å². The van der Waals surface area contributed by atoms with Gasteiger partial charge in [-0.1, -0.05) is 36.4 Å². The highest BCUT2D eigenvalue weighted by molar-refractivity contribution is 5.75. The zero-order valence-corrected chi connectivity index (χ0v) is 26.9. The average Bonchev–Trinajstić information content (AvgIpc) is 3.01. The number of esters is 4. The molecule has 4 rings (SSSR count). The molecule has 0 heterocycles. The Morgan fingerprint density at radius 3 is 1.74 bits per heavy atom. The zero-order valence-electron chi connectivity index (χ0n) is 26.9. The summed E-state index contributed by atoms with van der Waals surface area (Å²) in [6.07, 6.45) is 2.39. The van der Waals surface area contributed by atoms with Crippen LogP contribution in [0.4, 0.5) is 0 Å². The Bertz CT molecular complexity index is 1760. The number of rotatable bonds is 13. The Balaban J connectivity index is 1.54. The highest BCUT2D eigenvalue weighted by Gasteiger charge is 2.19. The fraction of sp³-hybridized carbons (Fsp3) is 0.243. The summed E-state index contributed by atoms with van der Waals surface area (Å²) in [5, 5.41) is 0. The molecule has 47 heavy (non-hydrogen) atoms. The van der Waals surface area contributed by atoms with Crippen LogP contribution in [0, 0.1) is 0 Å². The first kappa shape index (κ1) is 34.2. The topological polar surface area (TPSA) is 124 Å². The third kappa shape index (κ3) is 10.2. The Morgan fingerprint density at radius 1 is 0.489 bits per heavy atom. The van der Waals surface area contributed by atoms with E-state index in [0.29, 0.717) is 48.7 Å². The van der Waals surface area contributed by atoms with Crippen molar-refractivity contribution in [3.63, 3.8) is 0 Å². The smallest absolute Gasteiger partial charge is 0.308 e. The van der Waals surface area contributed by atoms with E-state index in [1.54, 1.807) is 30.3 Å². The molecule has 0 radical (unpaired) electrons. The third-order valence-corrected chi connectivity index (χ3v) is 6.80. The van der Waals surface area contributed by atoms with E-state index in [4.69, 9.17) is 28.4 Å². The second-order valence-corrected chi connectivity index (χ2v) is 10.6. The fourth-order valence-corrected chi connectivity index (χ4v) is 4.85. The second-order valence-electron chi connectivity index (χ2n) is 10.6. The van der Waals surface area contributed by atoms with Crippen LogP contribution in [-0.2, 0) is 44.9 Å². The van der Waals surface area contributed by atoms with Crippen LogP contribution >= 0.6 is 0 Å². The molecular formula is C37H36O10. The normalized spacial score (nSPS) is 10.5. The van der Waals surface area contributed by atoms with Crippen molar-refractivity contribution in [1.29, 1.82) is 0 Å². The van der Waals surface area contributed by atoms with Crippen molar-refractivity contribution in [1.82, 2.24) is 0 Å². The van der Waals surface area contributed by atoms with E-state index < -0.39 is 17.9 Å². The van der Waals surface area contributed by atoms with E-state index in [0.717, 1.165) is 22.3 Å². The number of carbonyl (C=O) groups is 4. The summed E-state index contributed by atoms with van der Waals surface area (Å²) in [7, 11) is 1.44. The Labute approximate surface area is 273 Å². The molecule has 0 saturated carbocycles. The highest BCUT2D eigenvalue weighted by Crippen LogP contribution is 2.40. The van der Waals surface area contributed by atoms with Gasteiger partial charge in [0, 0.05) is 27.7 Å². The van der Waals surface area contributed by atoms with Crippen LogP contribution in [0.25, 0.3) is 0 Å². The highest BCUT2D eigenvalue weighted by atomic mass is 16.6. The first-order valence-electron chi connectivity index (χ1n) is 14.9. The molecule has 0 aliphatic rings. The van der Waals surface area contributed by atoms with Crippen molar-refractivity contribution in [3.05, 3.63) is 101 Å². The van der Waals surface area contributed by atoms with Gasteiger partial charge in [-0.2, -0.15) is 0 Å². The molecule has 0 aliphatic heterocycles. The number of para-hydroxylation sites is 1. The first-order valence-corrected chi connectivity index (χ1v) is 14.9. The molecule has 0 unspecified atom stereocenters. The Morgan fingerprint density at radius 2 is 1.09 bits per heavy atom. The third-order valence-electron chi connectivity index (χ3n) is 6.80. The van der Waals surface area contributed by atoms with Crippen molar-refractivity contribution in [2.75, 3.05) is 7.11 Å². The summed E-state index contributed by atoms with van der Waals surface area (Å²) in [5.41, 5.74) is 3.62. The molecule has 0 spiro atoms. The molecule has 0 bridgehead atoms. The lowest BCUT2D eigenvalue weighted by atomic mass is 10.0. The molecule has 0 aromatic heterocycles. The van der Waals surface area contributed by atoms with Crippen LogP contribution in [0.2, 0.25) is 0 Å². The Hall–Kier alpha value is -5.64. The van der Waals surface area contributed by atoms with Gasteiger partial charge in [-0.25, -0.2) is 0 Å². The monoisotopic (exact) mass is 640 g/mol. The predicted molar refractivity (Wildman–Crippen MR) is 172 cm³/mol. The van der Waals surface area contributed by atoms with Gasteiger partial charge in [0.1, 0.15) is 11.5 Å². The zero-order chi connectivity index (χ0) is 33.9. The van der Waals surface area contributed by atoms with Crippen LogP contribution in [0.1, 0.15) is 49.9 Å². The van der Waals surface area contributed by atoms with Crippen molar-refractivity contribution in [2.24, 2.45) is 0 Å². The molecule has 10 nitrogen and oxygen atoms in total. The van der Waals surface area contributed by atoms with Gasteiger partial charge >= 0.3 is 23.9 Å². The largest absolute Gasteiger partial charge is 0.493 e. The second kappa shape index (κ2) is 16.1. The van der Waals surface area contributed by atoms with Crippen LogP contribution in [-0.4, -0.2) is 31.0 Å². The average molecular weight is 641 g/mol. The van der Waals surface area contributed by atoms with Gasteiger partial charge in [-0.3, -0.25) is 19.2 Å². The molecule has 0 fully saturated rings. The molecule has 4 aromatic rings.